The summed E-state index contributed by atoms with van der Waals surface area (Å²) in [5, 5.41) is 3.16. The first-order valence-corrected chi connectivity index (χ1v) is 6.67. The summed E-state index contributed by atoms with van der Waals surface area (Å²) in [5.41, 5.74) is -0.0112. The fourth-order valence-electron chi connectivity index (χ4n) is 1.74. The Morgan fingerprint density at radius 2 is 2.16 bits per heavy atom. The van der Waals surface area contributed by atoms with Crippen LogP contribution in [-0.4, -0.2) is 29.8 Å². The molecule has 0 saturated carbocycles. The molecule has 0 saturated heterocycles. The summed E-state index contributed by atoms with van der Waals surface area (Å²) in [7, 11) is 1.70. The lowest BCUT2D eigenvalue weighted by Crippen LogP contribution is -2.30. The fourth-order valence-corrected chi connectivity index (χ4v) is 1.74. The quantitative estimate of drug-likeness (QED) is 0.823. The van der Waals surface area contributed by atoms with E-state index in [4.69, 9.17) is 4.74 Å². The number of nitrogens with zero attached hydrogens (tertiary/aromatic N) is 2. The Labute approximate surface area is 115 Å². The van der Waals surface area contributed by atoms with Gasteiger partial charge in [-0.3, -0.25) is 4.79 Å². The van der Waals surface area contributed by atoms with Gasteiger partial charge in [0.25, 0.3) is 5.56 Å². The molecule has 0 unspecified atom stereocenters. The van der Waals surface area contributed by atoms with Crippen molar-refractivity contribution in [3.8, 4) is 0 Å². The molecular weight excluding hydrogens is 242 g/mol. The lowest BCUT2D eigenvalue weighted by molar-refractivity contribution is 0.157. The maximum Gasteiger partial charge on any atom is 0.293 e. The first-order chi connectivity index (χ1) is 8.87. The average molecular weight is 267 g/mol. The highest BCUT2D eigenvalue weighted by molar-refractivity contribution is 5.31. The second kappa shape index (κ2) is 6.70. The third kappa shape index (κ3) is 4.67. The molecule has 0 radical (unpaired) electrons. The Morgan fingerprint density at radius 3 is 2.74 bits per heavy atom. The van der Waals surface area contributed by atoms with Crippen molar-refractivity contribution in [1.29, 1.82) is 0 Å². The first kappa shape index (κ1) is 15.7. The zero-order valence-electron chi connectivity index (χ0n) is 12.6. The van der Waals surface area contributed by atoms with Gasteiger partial charge in [-0.05, 0) is 25.7 Å². The predicted molar refractivity (Wildman–Crippen MR) is 77.6 cm³/mol. The Morgan fingerprint density at radius 1 is 1.47 bits per heavy atom. The van der Waals surface area contributed by atoms with Gasteiger partial charge in [-0.15, -0.1) is 0 Å². The van der Waals surface area contributed by atoms with E-state index < -0.39 is 0 Å². The lowest BCUT2D eigenvalue weighted by Gasteiger charge is -2.24. The summed E-state index contributed by atoms with van der Waals surface area (Å²) in [5.74, 6) is 0.418. The van der Waals surface area contributed by atoms with E-state index in [2.05, 4.69) is 24.1 Å². The molecule has 0 spiro atoms. The van der Waals surface area contributed by atoms with Gasteiger partial charge in [0.2, 0.25) is 0 Å². The van der Waals surface area contributed by atoms with Crippen molar-refractivity contribution in [3.05, 3.63) is 22.7 Å². The normalized spacial score (nSPS) is 11.9. The standard InChI is InChI=1S/C14H25N3O2/c1-11(2)17-8-7-15-12(13(17)18)16-10-14(3,4)6-9-19-5/h7-8,11H,6,9-10H2,1-5H3,(H,15,16). The molecule has 5 nitrogen and oxygen atoms in total. The van der Waals surface area contributed by atoms with Crippen LogP contribution in [0.4, 0.5) is 5.82 Å². The van der Waals surface area contributed by atoms with Gasteiger partial charge in [0.1, 0.15) is 0 Å². The summed E-state index contributed by atoms with van der Waals surface area (Å²) >= 11 is 0. The summed E-state index contributed by atoms with van der Waals surface area (Å²) in [6, 6.07) is 0.137. The zero-order valence-corrected chi connectivity index (χ0v) is 12.6. The van der Waals surface area contributed by atoms with Gasteiger partial charge in [0, 0.05) is 38.7 Å². The molecule has 0 aromatic carbocycles. The third-order valence-electron chi connectivity index (χ3n) is 3.14. The number of methoxy groups -OCH3 is 1. The van der Waals surface area contributed by atoms with Crippen LogP contribution < -0.4 is 10.9 Å². The van der Waals surface area contributed by atoms with Crippen molar-refractivity contribution in [2.45, 2.75) is 40.2 Å². The van der Waals surface area contributed by atoms with Gasteiger partial charge in [-0.25, -0.2) is 4.98 Å². The second-order valence-electron chi connectivity index (χ2n) is 5.84. The van der Waals surface area contributed by atoms with Gasteiger partial charge in [0.15, 0.2) is 5.82 Å². The van der Waals surface area contributed by atoms with E-state index >= 15 is 0 Å². The molecule has 5 heteroatoms. The Balaban J connectivity index is 2.73. The monoisotopic (exact) mass is 267 g/mol. The van der Waals surface area contributed by atoms with Crippen molar-refractivity contribution in [2.75, 3.05) is 25.6 Å². The van der Waals surface area contributed by atoms with Gasteiger partial charge < -0.3 is 14.6 Å². The molecule has 1 rings (SSSR count). The topological polar surface area (TPSA) is 56.1 Å². The SMILES string of the molecule is COCCC(C)(C)CNc1nccn(C(C)C)c1=O. The van der Waals surface area contributed by atoms with Gasteiger partial charge in [0.05, 0.1) is 0 Å². The van der Waals surface area contributed by atoms with Gasteiger partial charge in [-0.2, -0.15) is 0 Å². The second-order valence-corrected chi connectivity index (χ2v) is 5.84. The first-order valence-electron chi connectivity index (χ1n) is 6.67. The van der Waals surface area contributed by atoms with Crippen LogP contribution in [0.3, 0.4) is 0 Å². The highest BCUT2D eigenvalue weighted by atomic mass is 16.5. The molecular formula is C14H25N3O2. The molecule has 0 atom stereocenters. The van der Waals surface area contributed by atoms with Crippen LogP contribution in [0, 0.1) is 5.41 Å². The number of rotatable bonds is 7. The molecule has 1 aromatic rings. The molecule has 1 aromatic heterocycles. The highest BCUT2D eigenvalue weighted by Crippen LogP contribution is 2.20. The number of aromatic nitrogens is 2. The largest absolute Gasteiger partial charge is 0.385 e. The van der Waals surface area contributed by atoms with Crippen LogP contribution in [0.2, 0.25) is 0 Å². The van der Waals surface area contributed by atoms with E-state index in [0.29, 0.717) is 19.0 Å². The van der Waals surface area contributed by atoms with Gasteiger partial charge >= 0.3 is 0 Å². The van der Waals surface area contributed by atoms with E-state index in [1.807, 2.05) is 13.8 Å². The van der Waals surface area contributed by atoms with Crippen LogP contribution in [-0.2, 0) is 4.74 Å². The van der Waals surface area contributed by atoms with Crippen molar-refractivity contribution >= 4 is 5.82 Å². The zero-order chi connectivity index (χ0) is 14.5. The number of nitrogens with one attached hydrogen (secondary N) is 1. The van der Waals surface area contributed by atoms with Crippen LogP contribution in [0.15, 0.2) is 17.2 Å². The van der Waals surface area contributed by atoms with Crippen molar-refractivity contribution in [3.63, 3.8) is 0 Å². The van der Waals surface area contributed by atoms with E-state index in [1.54, 1.807) is 24.1 Å². The number of hydrogen-bond donors (Lipinski definition) is 1. The summed E-state index contributed by atoms with van der Waals surface area (Å²) < 4.78 is 6.77. The van der Waals surface area contributed by atoms with Crippen molar-refractivity contribution in [2.24, 2.45) is 5.41 Å². The van der Waals surface area contributed by atoms with Gasteiger partial charge in [-0.1, -0.05) is 13.8 Å². The fraction of sp³-hybridized carbons (Fsp3) is 0.714. The molecule has 0 bridgehead atoms. The minimum atomic E-state index is -0.0694. The average Bonchev–Trinajstić information content (AvgIpc) is 2.35. The van der Waals surface area contributed by atoms with Crippen LogP contribution in [0.25, 0.3) is 0 Å². The molecule has 0 amide bonds. The van der Waals surface area contributed by atoms with E-state index in [0.717, 1.165) is 6.42 Å². The Bertz CT molecular complexity index is 452. The summed E-state index contributed by atoms with van der Waals surface area (Å²) in [4.78, 5) is 16.3. The minimum Gasteiger partial charge on any atom is -0.385 e. The Kier molecular flexibility index (Phi) is 5.54. The van der Waals surface area contributed by atoms with Crippen LogP contribution in [0.1, 0.15) is 40.2 Å². The number of anilines is 1. The van der Waals surface area contributed by atoms with Crippen molar-refractivity contribution < 1.29 is 4.74 Å². The number of hydrogen-bond acceptors (Lipinski definition) is 4. The summed E-state index contributed by atoms with van der Waals surface area (Å²) in [6.45, 7) is 9.65. The summed E-state index contributed by atoms with van der Waals surface area (Å²) in [6.07, 6.45) is 4.31. The molecule has 108 valence electrons. The van der Waals surface area contributed by atoms with Crippen molar-refractivity contribution in [1.82, 2.24) is 9.55 Å². The molecule has 0 aliphatic rings. The molecule has 0 aliphatic carbocycles. The third-order valence-corrected chi connectivity index (χ3v) is 3.14. The molecule has 1 N–H and O–H groups in total. The number of ether oxygens (including phenoxy) is 1. The molecule has 19 heavy (non-hydrogen) atoms. The maximum absolute atomic E-state index is 12.2. The Hall–Kier alpha value is -1.36. The molecule has 0 fully saturated rings. The predicted octanol–water partition coefficient (Wildman–Crippen LogP) is 2.30. The van der Waals surface area contributed by atoms with E-state index in [1.165, 1.54) is 0 Å². The molecule has 0 aliphatic heterocycles. The van der Waals surface area contributed by atoms with E-state index in [-0.39, 0.29) is 17.0 Å². The van der Waals surface area contributed by atoms with E-state index in [9.17, 15) is 4.79 Å². The minimum absolute atomic E-state index is 0.0582. The van der Waals surface area contributed by atoms with Crippen LogP contribution in [0.5, 0.6) is 0 Å². The maximum atomic E-state index is 12.2. The smallest absolute Gasteiger partial charge is 0.293 e. The van der Waals surface area contributed by atoms with Crippen LogP contribution >= 0.6 is 0 Å². The molecule has 1 heterocycles. The lowest BCUT2D eigenvalue weighted by atomic mass is 9.90. The highest BCUT2D eigenvalue weighted by Gasteiger charge is 2.18.